The van der Waals surface area contributed by atoms with Crippen molar-refractivity contribution in [2.45, 2.75) is 69.7 Å². The Kier molecular flexibility index (Phi) is 5.30. The number of hydrogen-bond donors (Lipinski definition) is 1. The predicted molar refractivity (Wildman–Crippen MR) is 124 cm³/mol. The number of fused-ring (bicyclic) bond motifs is 2. The molecule has 2 aliphatic rings. The molecule has 5 nitrogen and oxygen atoms in total. The van der Waals surface area contributed by atoms with Crippen molar-refractivity contribution in [1.82, 2.24) is 4.72 Å². The molecule has 0 aromatic heterocycles. The molecule has 0 saturated heterocycles. The number of carbonyl (C=O) groups excluding carboxylic acids is 1. The van der Waals surface area contributed by atoms with Gasteiger partial charge in [0.25, 0.3) is 5.91 Å². The van der Waals surface area contributed by atoms with Crippen LogP contribution in [0.2, 0.25) is 0 Å². The van der Waals surface area contributed by atoms with Gasteiger partial charge in [-0.05, 0) is 82.7 Å². The fraction of sp³-hybridized carbons (Fsp3) is 0.480. The number of carbonyl (C=O) groups is 1. The lowest BCUT2D eigenvalue weighted by Crippen LogP contribution is -2.40. The van der Waals surface area contributed by atoms with Crippen LogP contribution < -0.4 is 9.62 Å². The van der Waals surface area contributed by atoms with E-state index in [4.69, 9.17) is 0 Å². The first-order chi connectivity index (χ1) is 14.4. The van der Waals surface area contributed by atoms with Gasteiger partial charge in [0.1, 0.15) is 0 Å². The normalized spacial score (nSPS) is 23.4. The molecule has 2 aromatic rings. The Morgan fingerprint density at radius 1 is 1.16 bits per heavy atom. The molecule has 4 rings (SSSR count). The predicted octanol–water partition coefficient (Wildman–Crippen LogP) is 4.79. The summed E-state index contributed by atoms with van der Waals surface area (Å²) in [6.07, 6.45) is 3.33. The molecule has 1 aliphatic carbocycles. The van der Waals surface area contributed by atoms with E-state index in [1.807, 2.05) is 17.0 Å². The zero-order valence-electron chi connectivity index (χ0n) is 19.0. The molecule has 1 amide bonds. The summed E-state index contributed by atoms with van der Waals surface area (Å²) >= 11 is 0. The van der Waals surface area contributed by atoms with Crippen molar-refractivity contribution in [2.24, 2.45) is 5.92 Å². The maximum atomic E-state index is 13.6. The first-order valence-electron chi connectivity index (χ1n) is 11.0. The highest BCUT2D eigenvalue weighted by atomic mass is 32.2. The molecule has 31 heavy (non-hydrogen) atoms. The maximum absolute atomic E-state index is 13.6. The number of rotatable bonds is 3. The lowest BCUT2D eigenvalue weighted by atomic mass is 9.79. The number of aryl methyl sites for hydroxylation is 1. The van der Waals surface area contributed by atoms with Crippen LogP contribution in [0.15, 0.2) is 47.4 Å². The van der Waals surface area contributed by atoms with E-state index in [1.54, 1.807) is 32.9 Å². The van der Waals surface area contributed by atoms with E-state index < -0.39 is 15.6 Å². The minimum atomic E-state index is -3.71. The minimum absolute atomic E-state index is 0.00784. The van der Waals surface area contributed by atoms with Crippen molar-refractivity contribution in [3.8, 4) is 0 Å². The zero-order chi connectivity index (χ0) is 22.6. The van der Waals surface area contributed by atoms with Gasteiger partial charge >= 0.3 is 0 Å². The smallest absolute Gasteiger partial charge is 0.258 e. The van der Waals surface area contributed by atoms with Crippen molar-refractivity contribution in [1.29, 1.82) is 0 Å². The van der Waals surface area contributed by atoms with Crippen molar-refractivity contribution in [3.05, 3.63) is 59.2 Å². The molecular formula is C25H32N2O3S. The van der Waals surface area contributed by atoms with Gasteiger partial charge in [-0.25, -0.2) is 13.1 Å². The number of anilines is 1. The quantitative estimate of drug-likeness (QED) is 0.746. The summed E-state index contributed by atoms with van der Waals surface area (Å²) in [7, 11) is -3.71. The highest BCUT2D eigenvalue weighted by Gasteiger charge is 2.48. The monoisotopic (exact) mass is 440 g/mol. The molecule has 1 fully saturated rings. The van der Waals surface area contributed by atoms with Crippen LogP contribution in [0.5, 0.6) is 0 Å². The SMILES string of the molecule is Cc1ccc2c(c1)C1(CCC(C)C1)CN2C(=O)c1cccc(S(=O)(=O)NC(C)(C)C)c1. The Morgan fingerprint density at radius 2 is 1.90 bits per heavy atom. The highest BCUT2D eigenvalue weighted by molar-refractivity contribution is 7.89. The molecule has 6 heteroatoms. The van der Waals surface area contributed by atoms with Gasteiger partial charge in [0.2, 0.25) is 10.0 Å². The van der Waals surface area contributed by atoms with Crippen LogP contribution in [0, 0.1) is 12.8 Å². The second kappa shape index (κ2) is 7.45. The minimum Gasteiger partial charge on any atom is -0.307 e. The van der Waals surface area contributed by atoms with E-state index in [-0.39, 0.29) is 16.2 Å². The fourth-order valence-corrected chi connectivity index (χ4v) is 6.62. The molecule has 0 bridgehead atoms. The number of benzene rings is 2. The zero-order valence-corrected chi connectivity index (χ0v) is 19.8. The first kappa shape index (κ1) is 22.0. The van der Waals surface area contributed by atoms with Crippen LogP contribution in [-0.4, -0.2) is 26.4 Å². The average Bonchev–Trinajstić information content (AvgIpc) is 3.20. The van der Waals surface area contributed by atoms with Crippen molar-refractivity contribution < 1.29 is 13.2 Å². The molecule has 1 heterocycles. The first-order valence-corrected chi connectivity index (χ1v) is 12.5. The van der Waals surface area contributed by atoms with E-state index in [1.165, 1.54) is 29.7 Å². The Balaban J connectivity index is 1.70. The second-order valence-electron chi connectivity index (χ2n) is 10.4. The van der Waals surface area contributed by atoms with Crippen molar-refractivity contribution in [3.63, 3.8) is 0 Å². The number of amides is 1. The molecule has 1 aliphatic heterocycles. The van der Waals surface area contributed by atoms with E-state index in [0.29, 0.717) is 18.0 Å². The van der Waals surface area contributed by atoms with E-state index in [2.05, 4.69) is 24.6 Å². The molecular weight excluding hydrogens is 408 g/mol. The number of hydrogen-bond acceptors (Lipinski definition) is 3. The Morgan fingerprint density at radius 3 is 2.55 bits per heavy atom. The van der Waals surface area contributed by atoms with Crippen molar-refractivity contribution >= 4 is 21.6 Å². The summed E-state index contributed by atoms with van der Waals surface area (Å²) in [6.45, 7) is 10.4. The van der Waals surface area contributed by atoms with Gasteiger partial charge in [-0.1, -0.05) is 30.7 Å². The summed E-state index contributed by atoms with van der Waals surface area (Å²) in [6, 6.07) is 12.7. The fourth-order valence-electron chi connectivity index (χ4n) is 5.16. The lowest BCUT2D eigenvalue weighted by Gasteiger charge is -2.25. The summed E-state index contributed by atoms with van der Waals surface area (Å²) in [5.41, 5.74) is 3.23. The van der Waals surface area contributed by atoms with Crippen LogP contribution in [0.4, 0.5) is 5.69 Å². The Bertz CT molecular complexity index is 1130. The second-order valence-corrected chi connectivity index (χ2v) is 12.1. The van der Waals surface area contributed by atoms with Gasteiger partial charge in [-0.15, -0.1) is 0 Å². The van der Waals surface area contributed by atoms with Crippen molar-refractivity contribution in [2.75, 3.05) is 11.4 Å². The molecule has 2 atom stereocenters. The summed E-state index contributed by atoms with van der Waals surface area (Å²) < 4.78 is 28.2. The van der Waals surface area contributed by atoms with E-state index in [9.17, 15) is 13.2 Å². The third kappa shape index (κ3) is 4.15. The molecule has 1 N–H and O–H groups in total. The number of nitrogens with zero attached hydrogens (tertiary/aromatic N) is 1. The van der Waals surface area contributed by atoms with Crippen LogP contribution in [0.25, 0.3) is 0 Å². The highest BCUT2D eigenvalue weighted by Crippen LogP contribution is 2.52. The molecule has 2 aromatic carbocycles. The van der Waals surface area contributed by atoms with Gasteiger partial charge in [0.05, 0.1) is 4.90 Å². The number of sulfonamides is 1. The van der Waals surface area contributed by atoms with Gasteiger partial charge in [-0.2, -0.15) is 0 Å². The van der Waals surface area contributed by atoms with Gasteiger partial charge in [0, 0.05) is 28.7 Å². The standard InChI is InChI=1S/C25H32N2O3S/c1-17-9-10-22-21(13-17)25(12-11-18(2)15-25)16-27(22)23(28)19-7-6-8-20(14-19)31(29,30)26-24(3,4)5/h6-10,13-14,18,26H,11-12,15-16H2,1-5H3. The lowest BCUT2D eigenvalue weighted by molar-refractivity contribution is 0.0984. The topological polar surface area (TPSA) is 66.5 Å². The molecule has 1 spiro atoms. The largest absolute Gasteiger partial charge is 0.307 e. The van der Waals surface area contributed by atoms with Gasteiger partial charge in [-0.3, -0.25) is 4.79 Å². The van der Waals surface area contributed by atoms with E-state index >= 15 is 0 Å². The molecule has 1 saturated carbocycles. The van der Waals surface area contributed by atoms with Gasteiger partial charge in [0.15, 0.2) is 0 Å². The molecule has 0 radical (unpaired) electrons. The maximum Gasteiger partial charge on any atom is 0.258 e. The summed E-state index contributed by atoms with van der Waals surface area (Å²) in [5.74, 6) is 0.495. The van der Waals surface area contributed by atoms with Crippen LogP contribution in [0.3, 0.4) is 0 Å². The summed E-state index contributed by atoms with van der Waals surface area (Å²) in [4.78, 5) is 15.6. The third-order valence-corrected chi connectivity index (χ3v) is 8.16. The van der Waals surface area contributed by atoms with Crippen LogP contribution >= 0.6 is 0 Å². The Hall–Kier alpha value is -2.18. The molecule has 2 unspecified atom stereocenters. The van der Waals surface area contributed by atoms with E-state index in [0.717, 1.165) is 18.5 Å². The van der Waals surface area contributed by atoms with Crippen LogP contribution in [-0.2, 0) is 15.4 Å². The Labute approximate surface area is 185 Å². The third-order valence-electron chi connectivity index (χ3n) is 6.41. The summed E-state index contributed by atoms with van der Waals surface area (Å²) in [5, 5.41) is 0. The average molecular weight is 441 g/mol. The molecule has 166 valence electrons. The van der Waals surface area contributed by atoms with Crippen LogP contribution in [0.1, 0.15) is 68.4 Å². The number of nitrogens with one attached hydrogen (secondary N) is 1. The van der Waals surface area contributed by atoms with Gasteiger partial charge < -0.3 is 4.90 Å².